The lowest BCUT2D eigenvalue weighted by Gasteiger charge is -1.95. The number of halogens is 2. The van der Waals surface area contributed by atoms with Gasteiger partial charge in [0.1, 0.15) is 23.2 Å². The fourth-order valence-electron chi connectivity index (χ4n) is 0.979. The molecule has 0 aliphatic carbocycles. The van der Waals surface area contributed by atoms with Crippen molar-refractivity contribution in [2.24, 2.45) is 0 Å². The van der Waals surface area contributed by atoms with Gasteiger partial charge in [0.15, 0.2) is 0 Å². The summed E-state index contributed by atoms with van der Waals surface area (Å²) in [6, 6.07) is 4.36. The first-order valence-electron chi connectivity index (χ1n) is 4.36. The fraction of sp³-hybridized carbons (Fsp3) is 0.200. The second kappa shape index (κ2) is 6.06. The molecule has 1 heterocycles. The molecule has 0 aliphatic heterocycles. The predicted molar refractivity (Wildman–Crippen MR) is 57.2 cm³/mol. The van der Waals surface area contributed by atoms with Crippen LogP contribution in [0.4, 0.5) is 8.78 Å². The van der Waals surface area contributed by atoms with Crippen LogP contribution in [0.5, 0.6) is 0 Å². The summed E-state index contributed by atoms with van der Waals surface area (Å²) < 4.78 is 28.8. The summed E-state index contributed by atoms with van der Waals surface area (Å²) in [4.78, 5) is 10.5. The van der Waals surface area contributed by atoms with E-state index in [1.165, 1.54) is 18.2 Å². The average Bonchev–Trinajstić information content (AvgIpc) is 2.70. The van der Waals surface area contributed by atoms with Gasteiger partial charge in [-0.3, -0.25) is 0 Å². The van der Waals surface area contributed by atoms with E-state index in [9.17, 15) is 13.6 Å². The van der Waals surface area contributed by atoms with Crippen LogP contribution in [0.1, 0.15) is 11.5 Å². The molecule has 4 nitrogen and oxygen atoms in total. The minimum absolute atomic E-state index is 0.0134. The van der Waals surface area contributed by atoms with Crippen molar-refractivity contribution < 1.29 is 23.1 Å². The van der Waals surface area contributed by atoms with E-state index in [1.807, 2.05) is 0 Å². The van der Waals surface area contributed by atoms with Crippen molar-refractivity contribution in [3.05, 3.63) is 29.2 Å². The maximum atomic E-state index is 11.9. The normalized spacial score (nSPS) is 11.5. The number of hydrogen-bond donors (Lipinski definition) is 1. The zero-order valence-electron chi connectivity index (χ0n) is 8.39. The standard InChI is InChI=1S/C10H7F2NO3S/c11-10(12)17-5-8-2-1-7(16-8)3-6(4-13)9(14)15/h1-3,10H,5H2,(H,14,15)/b6-3+. The SMILES string of the molecule is N#C/C(=C\c1ccc(CSC(F)F)o1)C(=O)O. The maximum Gasteiger partial charge on any atom is 0.346 e. The summed E-state index contributed by atoms with van der Waals surface area (Å²) in [6.07, 6.45) is 1.04. The second-order valence-corrected chi connectivity index (χ2v) is 3.83. The van der Waals surface area contributed by atoms with Crippen LogP contribution in [0.15, 0.2) is 22.1 Å². The number of rotatable bonds is 5. The largest absolute Gasteiger partial charge is 0.477 e. The summed E-state index contributed by atoms with van der Waals surface area (Å²) >= 11 is 0.400. The van der Waals surface area contributed by atoms with E-state index in [1.54, 1.807) is 0 Å². The molecule has 0 amide bonds. The van der Waals surface area contributed by atoms with Crippen molar-refractivity contribution in [1.82, 2.24) is 0 Å². The van der Waals surface area contributed by atoms with E-state index in [0.29, 0.717) is 17.5 Å². The minimum atomic E-state index is -2.49. The van der Waals surface area contributed by atoms with Gasteiger partial charge in [-0.15, -0.1) is 0 Å². The van der Waals surface area contributed by atoms with Crippen molar-refractivity contribution in [3.63, 3.8) is 0 Å². The molecule has 0 bridgehead atoms. The molecule has 0 fully saturated rings. The van der Waals surface area contributed by atoms with E-state index >= 15 is 0 Å². The first-order chi connectivity index (χ1) is 8.02. The molecule has 0 unspecified atom stereocenters. The lowest BCUT2D eigenvalue weighted by atomic mass is 10.2. The third kappa shape index (κ3) is 4.28. The molecule has 90 valence electrons. The summed E-state index contributed by atoms with van der Waals surface area (Å²) in [5.41, 5.74) is -0.479. The van der Waals surface area contributed by atoms with E-state index in [0.717, 1.165) is 6.08 Å². The summed E-state index contributed by atoms with van der Waals surface area (Å²) in [5.74, 6) is -3.43. The lowest BCUT2D eigenvalue weighted by molar-refractivity contribution is -0.132. The van der Waals surface area contributed by atoms with Crippen LogP contribution in [0.2, 0.25) is 0 Å². The van der Waals surface area contributed by atoms with Gasteiger partial charge in [0.05, 0.1) is 5.75 Å². The minimum Gasteiger partial charge on any atom is -0.477 e. The number of aliphatic carboxylic acids is 1. The third-order valence-corrected chi connectivity index (χ3v) is 2.37. The van der Waals surface area contributed by atoms with Gasteiger partial charge in [0.2, 0.25) is 0 Å². The Morgan fingerprint density at radius 1 is 1.65 bits per heavy atom. The number of carboxylic acids is 1. The first kappa shape index (κ1) is 13.3. The van der Waals surface area contributed by atoms with Gasteiger partial charge in [-0.05, 0) is 12.1 Å². The molecule has 7 heteroatoms. The van der Waals surface area contributed by atoms with E-state index in [2.05, 4.69) is 0 Å². The van der Waals surface area contributed by atoms with Crippen molar-refractivity contribution in [3.8, 4) is 6.07 Å². The number of furan rings is 1. The number of carbonyl (C=O) groups is 1. The Labute approximate surface area is 99.5 Å². The van der Waals surface area contributed by atoms with E-state index in [-0.39, 0.29) is 11.5 Å². The Kier molecular flexibility index (Phi) is 4.72. The molecule has 1 aromatic rings. The Morgan fingerprint density at radius 2 is 2.35 bits per heavy atom. The summed E-state index contributed by atoms with van der Waals surface area (Å²) in [5, 5.41) is 17.1. The van der Waals surface area contributed by atoms with Crippen LogP contribution in [0, 0.1) is 11.3 Å². The highest BCUT2D eigenvalue weighted by Crippen LogP contribution is 2.22. The highest BCUT2D eigenvalue weighted by atomic mass is 32.2. The molecule has 1 rings (SSSR count). The van der Waals surface area contributed by atoms with Gasteiger partial charge in [-0.25, -0.2) is 4.79 Å². The van der Waals surface area contributed by atoms with Crippen molar-refractivity contribution in [1.29, 1.82) is 5.26 Å². The molecular weight excluding hydrogens is 252 g/mol. The van der Waals surface area contributed by atoms with Gasteiger partial charge < -0.3 is 9.52 Å². The molecule has 0 saturated heterocycles. The Bertz CT molecular complexity index is 476. The van der Waals surface area contributed by atoms with Gasteiger partial charge in [-0.2, -0.15) is 14.0 Å². The monoisotopic (exact) mass is 259 g/mol. The number of nitriles is 1. The van der Waals surface area contributed by atoms with Crippen LogP contribution in [-0.2, 0) is 10.5 Å². The Hall–Kier alpha value is -1.81. The zero-order valence-corrected chi connectivity index (χ0v) is 9.21. The van der Waals surface area contributed by atoms with Crippen molar-refractivity contribution >= 4 is 23.8 Å². The number of hydrogen-bond acceptors (Lipinski definition) is 4. The molecular formula is C10H7F2NO3S. The van der Waals surface area contributed by atoms with Gasteiger partial charge in [-0.1, -0.05) is 11.8 Å². The Balaban J connectivity index is 2.75. The number of thioether (sulfide) groups is 1. The van der Waals surface area contributed by atoms with Crippen molar-refractivity contribution in [2.75, 3.05) is 0 Å². The molecule has 0 atom stereocenters. The number of alkyl halides is 2. The summed E-state index contributed by atoms with van der Waals surface area (Å²) in [6.45, 7) is 0. The molecule has 0 spiro atoms. The lowest BCUT2D eigenvalue weighted by Crippen LogP contribution is -1.96. The molecule has 1 N–H and O–H groups in total. The van der Waals surface area contributed by atoms with Crippen molar-refractivity contribution in [2.45, 2.75) is 11.5 Å². The van der Waals surface area contributed by atoms with Crippen LogP contribution in [0.25, 0.3) is 6.08 Å². The van der Waals surface area contributed by atoms with Gasteiger partial charge >= 0.3 is 5.97 Å². The Morgan fingerprint density at radius 3 is 2.88 bits per heavy atom. The highest BCUT2D eigenvalue weighted by Gasteiger charge is 2.09. The van der Waals surface area contributed by atoms with Crippen LogP contribution in [0.3, 0.4) is 0 Å². The van der Waals surface area contributed by atoms with Gasteiger partial charge in [0.25, 0.3) is 5.76 Å². The van der Waals surface area contributed by atoms with Crippen LogP contribution >= 0.6 is 11.8 Å². The molecule has 0 radical (unpaired) electrons. The maximum absolute atomic E-state index is 11.9. The molecule has 0 aliphatic rings. The smallest absolute Gasteiger partial charge is 0.346 e. The zero-order chi connectivity index (χ0) is 12.8. The molecule has 0 saturated carbocycles. The third-order valence-electron chi connectivity index (χ3n) is 1.67. The van der Waals surface area contributed by atoms with Gasteiger partial charge in [0, 0.05) is 6.08 Å². The quantitative estimate of drug-likeness (QED) is 0.650. The molecule has 17 heavy (non-hydrogen) atoms. The average molecular weight is 259 g/mol. The fourth-order valence-corrected chi connectivity index (χ4v) is 1.42. The number of carboxylic acid groups (broad SMARTS) is 1. The van der Waals surface area contributed by atoms with Crippen LogP contribution in [-0.4, -0.2) is 16.8 Å². The highest BCUT2D eigenvalue weighted by molar-refractivity contribution is 7.98. The topological polar surface area (TPSA) is 74.2 Å². The molecule has 0 aromatic carbocycles. The first-order valence-corrected chi connectivity index (χ1v) is 5.41. The second-order valence-electron chi connectivity index (χ2n) is 2.85. The predicted octanol–water partition coefficient (Wildman–Crippen LogP) is 2.73. The molecule has 1 aromatic heterocycles. The van der Waals surface area contributed by atoms with Crippen LogP contribution < -0.4 is 0 Å². The van der Waals surface area contributed by atoms with E-state index in [4.69, 9.17) is 14.8 Å². The summed E-state index contributed by atoms with van der Waals surface area (Å²) in [7, 11) is 0. The van der Waals surface area contributed by atoms with E-state index < -0.39 is 17.3 Å². The number of nitrogens with zero attached hydrogens (tertiary/aromatic N) is 1.